The van der Waals surface area contributed by atoms with Gasteiger partial charge in [0.1, 0.15) is 5.69 Å². The molecule has 0 saturated heterocycles. The quantitative estimate of drug-likeness (QED) is 0.652. The second-order valence-electron chi connectivity index (χ2n) is 6.47. The molecule has 1 aliphatic carbocycles. The highest BCUT2D eigenvalue weighted by molar-refractivity contribution is 7.89. The van der Waals surface area contributed by atoms with Crippen LogP contribution in [0.15, 0.2) is 23.1 Å². The van der Waals surface area contributed by atoms with Crippen molar-refractivity contribution in [2.24, 2.45) is 10.6 Å². The molecule has 0 heterocycles. The van der Waals surface area contributed by atoms with Gasteiger partial charge < -0.3 is 4.90 Å². The Bertz CT molecular complexity index is 792. The van der Waals surface area contributed by atoms with Crippen molar-refractivity contribution in [2.45, 2.75) is 43.5 Å². The Balaban J connectivity index is 2.32. The van der Waals surface area contributed by atoms with Gasteiger partial charge in [-0.1, -0.05) is 0 Å². The average molecular weight is 352 g/mol. The summed E-state index contributed by atoms with van der Waals surface area (Å²) in [7, 11) is -2.26. The first kappa shape index (κ1) is 18.2. The maximum absolute atomic E-state index is 11.4. The Labute approximate surface area is 141 Å². The summed E-state index contributed by atoms with van der Waals surface area (Å²) in [5, 5.41) is 25.6. The molecule has 9 heteroatoms. The molecule has 0 bridgehead atoms. The number of rotatable bonds is 4. The van der Waals surface area contributed by atoms with E-state index in [1.165, 1.54) is 12.1 Å². The smallest absolute Gasteiger partial charge is 0.293 e. The zero-order chi connectivity index (χ0) is 18.1. The second kappa shape index (κ2) is 6.37. The Morgan fingerprint density at radius 3 is 2.46 bits per heavy atom. The molecule has 0 aromatic heterocycles. The summed E-state index contributed by atoms with van der Waals surface area (Å²) in [6.45, 7) is 1.92. The molecule has 0 atom stereocenters. The molecule has 130 valence electrons. The monoisotopic (exact) mass is 352 g/mol. The first-order valence-corrected chi connectivity index (χ1v) is 9.07. The predicted octanol–water partition coefficient (Wildman–Crippen LogP) is 2.15. The van der Waals surface area contributed by atoms with E-state index in [1.54, 1.807) is 11.9 Å². The van der Waals surface area contributed by atoms with Gasteiger partial charge in [-0.15, -0.1) is 0 Å². The number of nitro groups is 1. The van der Waals surface area contributed by atoms with Crippen molar-refractivity contribution in [3.63, 3.8) is 0 Å². The van der Waals surface area contributed by atoms with E-state index in [4.69, 9.17) is 5.14 Å². The van der Waals surface area contributed by atoms with Crippen LogP contribution in [0, 0.1) is 26.9 Å². The predicted molar refractivity (Wildman–Crippen MR) is 88.8 cm³/mol. The van der Waals surface area contributed by atoms with Crippen LogP contribution in [0.2, 0.25) is 0 Å². The summed E-state index contributed by atoms with van der Waals surface area (Å²) in [6, 6.07) is 6.06. The first-order valence-electron chi connectivity index (χ1n) is 7.53. The third-order valence-electron chi connectivity index (χ3n) is 4.73. The summed E-state index contributed by atoms with van der Waals surface area (Å²) in [5.74, 6) is 0. The lowest BCUT2D eigenvalue weighted by Gasteiger charge is -2.37. The summed E-state index contributed by atoms with van der Waals surface area (Å²) in [5.41, 5.74) is -0.295. The molecule has 2 N–H and O–H groups in total. The van der Waals surface area contributed by atoms with Gasteiger partial charge in [-0.25, -0.2) is 13.6 Å². The lowest BCUT2D eigenvalue weighted by Crippen LogP contribution is -2.38. The average Bonchev–Trinajstić information content (AvgIpc) is 2.53. The number of nitrogens with zero attached hydrogens (tertiary/aromatic N) is 3. The van der Waals surface area contributed by atoms with Crippen molar-refractivity contribution in [3.05, 3.63) is 28.3 Å². The number of nitrogens with two attached hydrogens (primary N) is 1. The molecule has 24 heavy (non-hydrogen) atoms. The van der Waals surface area contributed by atoms with Crippen molar-refractivity contribution in [2.75, 3.05) is 11.9 Å². The molecule has 0 amide bonds. The molecule has 0 unspecified atom stereocenters. The Kier molecular flexibility index (Phi) is 4.82. The number of hydrogen-bond donors (Lipinski definition) is 1. The molecule has 1 fully saturated rings. The van der Waals surface area contributed by atoms with Gasteiger partial charge in [-0.05, 0) is 44.7 Å². The van der Waals surface area contributed by atoms with Crippen LogP contribution in [0.3, 0.4) is 0 Å². The molecule has 1 saturated carbocycles. The molecule has 1 aromatic rings. The number of anilines is 1. The van der Waals surface area contributed by atoms with Crippen molar-refractivity contribution < 1.29 is 13.3 Å². The number of nitriles is 1. The number of sulfonamides is 1. The van der Waals surface area contributed by atoms with Gasteiger partial charge >= 0.3 is 0 Å². The standard InChI is InChI=1S/C15H20N4O4S/c1-15(10-16)7-5-11(6-8-15)18(2)13-4-3-12(24(17,22)23)9-14(13)19(20)21/h3-4,9,11H,5-8H2,1-2H3,(H2,17,22,23). The second-order valence-corrected chi connectivity index (χ2v) is 8.03. The van der Waals surface area contributed by atoms with Crippen LogP contribution in [0.1, 0.15) is 32.6 Å². The fourth-order valence-corrected chi connectivity index (χ4v) is 3.59. The van der Waals surface area contributed by atoms with Crippen molar-refractivity contribution in [1.82, 2.24) is 0 Å². The van der Waals surface area contributed by atoms with Crippen molar-refractivity contribution in [1.29, 1.82) is 5.26 Å². The summed E-state index contributed by atoms with van der Waals surface area (Å²) < 4.78 is 22.8. The minimum atomic E-state index is -4.00. The topological polar surface area (TPSA) is 130 Å². The minimum Gasteiger partial charge on any atom is -0.366 e. The summed E-state index contributed by atoms with van der Waals surface area (Å²) in [6.07, 6.45) is 2.94. The van der Waals surface area contributed by atoms with Crippen LogP contribution in [-0.4, -0.2) is 26.4 Å². The van der Waals surface area contributed by atoms with Crippen LogP contribution < -0.4 is 10.0 Å². The van der Waals surface area contributed by atoms with E-state index in [1.807, 2.05) is 6.92 Å². The van der Waals surface area contributed by atoms with E-state index in [0.717, 1.165) is 31.7 Å². The summed E-state index contributed by atoms with van der Waals surface area (Å²) in [4.78, 5) is 12.2. The molecule has 1 aliphatic rings. The van der Waals surface area contributed by atoms with Crippen LogP contribution >= 0.6 is 0 Å². The number of primary sulfonamides is 1. The Morgan fingerprint density at radius 2 is 2.00 bits per heavy atom. The van der Waals surface area contributed by atoms with E-state index < -0.39 is 14.9 Å². The van der Waals surface area contributed by atoms with Crippen molar-refractivity contribution >= 4 is 21.4 Å². The Hall–Kier alpha value is -2.18. The number of nitro benzene ring substituents is 1. The molecule has 0 spiro atoms. The van der Waals surface area contributed by atoms with Crippen LogP contribution in [-0.2, 0) is 10.0 Å². The van der Waals surface area contributed by atoms with Gasteiger partial charge in [0, 0.05) is 19.2 Å². The minimum absolute atomic E-state index is 0.0606. The normalized spacial score (nSPS) is 24.2. The van der Waals surface area contributed by atoms with Gasteiger partial charge in [0.05, 0.1) is 21.3 Å². The van der Waals surface area contributed by atoms with Gasteiger partial charge in [0.15, 0.2) is 0 Å². The molecule has 0 radical (unpaired) electrons. The van der Waals surface area contributed by atoms with E-state index in [-0.39, 0.29) is 22.0 Å². The highest BCUT2D eigenvalue weighted by Gasteiger charge is 2.34. The van der Waals surface area contributed by atoms with E-state index >= 15 is 0 Å². The number of benzene rings is 1. The molecule has 8 nitrogen and oxygen atoms in total. The first-order chi connectivity index (χ1) is 11.1. The van der Waals surface area contributed by atoms with Gasteiger partial charge in [-0.3, -0.25) is 10.1 Å². The molecular formula is C15H20N4O4S. The van der Waals surface area contributed by atoms with Gasteiger partial charge in [0.25, 0.3) is 5.69 Å². The van der Waals surface area contributed by atoms with E-state index in [9.17, 15) is 23.8 Å². The van der Waals surface area contributed by atoms with Gasteiger partial charge in [-0.2, -0.15) is 5.26 Å². The van der Waals surface area contributed by atoms with Gasteiger partial charge in [0.2, 0.25) is 10.0 Å². The lowest BCUT2D eigenvalue weighted by atomic mass is 9.75. The maximum Gasteiger partial charge on any atom is 0.293 e. The largest absolute Gasteiger partial charge is 0.366 e. The molecule has 2 rings (SSSR count). The molecular weight excluding hydrogens is 332 g/mol. The lowest BCUT2D eigenvalue weighted by molar-refractivity contribution is -0.384. The highest BCUT2D eigenvalue weighted by atomic mass is 32.2. The van der Waals surface area contributed by atoms with Crippen LogP contribution in [0.4, 0.5) is 11.4 Å². The maximum atomic E-state index is 11.4. The van der Waals surface area contributed by atoms with E-state index in [0.29, 0.717) is 5.69 Å². The SMILES string of the molecule is CN(c1ccc(S(N)(=O)=O)cc1[N+](=O)[O-])C1CCC(C)(C#N)CC1. The number of hydrogen-bond acceptors (Lipinski definition) is 6. The van der Waals surface area contributed by atoms with Crippen molar-refractivity contribution in [3.8, 4) is 6.07 Å². The fraction of sp³-hybridized carbons (Fsp3) is 0.533. The highest BCUT2D eigenvalue weighted by Crippen LogP contribution is 2.39. The fourth-order valence-electron chi connectivity index (χ4n) is 3.06. The Morgan fingerprint density at radius 1 is 1.42 bits per heavy atom. The molecule has 1 aromatic carbocycles. The summed E-state index contributed by atoms with van der Waals surface area (Å²) >= 11 is 0. The third kappa shape index (κ3) is 3.66. The third-order valence-corrected chi connectivity index (χ3v) is 5.64. The molecule has 0 aliphatic heterocycles. The van der Waals surface area contributed by atoms with Crippen LogP contribution in [0.25, 0.3) is 0 Å². The van der Waals surface area contributed by atoms with E-state index in [2.05, 4.69) is 6.07 Å². The van der Waals surface area contributed by atoms with Crippen LogP contribution in [0.5, 0.6) is 0 Å². The zero-order valence-corrected chi connectivity index (χ0v) is 14.4. The zero-order valence-electron chi connectivity index (χ0n) is 13.6.